The van der Waals surface area contributed by atoms with Crippen molar-refractivity contribution < 1.29 is 17.6 Å². The summed E-state index contributed by atoms with van der Waals surface area (Å²) in [6, 6.07) is 9.94. The monoisotopic (exact) mass is 305 g/mol. The van der Waals surface area contributed by atoms with Gasteiger partial charge in [-0.3, -0.25) is 0 Å². The van der Waals surface area contributed by atoms with Crippen LogP contribution in [0.15, 0.2) is 59.3 Å². The number of nitrogens with zero attached hydrogens (tertiary/aromatic N) is 2. The SMILES string of the molecule is FC(F)(F)c1cccc(Nc2nccc(-c3ccco3)n2)c1. The first-order valence-electron chi connectivity index (χ1n) is 6.33. The van der Waals surface area contributed by atoms with Crippen molar-refractivity contribution in [2.24, 2.45) is 0 Å². The molecule has 0 fully saturated rings. The summed E-state index contributed by atoms with van der Waals surface area (Å²) in [5.74, 6) is 0.739. The van der Waals surface area contributed by atoms with Gasteiger partial charge in [-0.2, -0.15) is 13.2 Å². The van der Waals surface area contributed by atoms with Crippen LogP contribution in [0, 0.1) is 0 Å². The Hall–Kier alpha value is -2.83. The lowest BCUT2D eigenvalue weighted by molar-refractivity contribution is -0.137. The molecule has 112 valence electrons. The maximum Gasteiger partial charge on any atom is 0.416 e. The van der Waals surface area contributed by atoms with Crippen LogP contribution in [0.3, 0.4) is 0 Å². The van der Waals surface area contributed by atoms with Crippen molar-refractivity contribution in [3.05, 3.63) is 60.5 Å². The number of alkyl halides is 3. The molecule has 0 saturated heterocycles. The van der Waals surface area contributed by atoms with Gasteiger partial charge in [-0.25, -0.2) is 9.97 Å². The van der Waals surface area contributed by atoms with Crippen LogP contribution in [-0.2, 0) is 6.18 Å². The zero-order valence-electron chi connectivity index (χ0n) is 11.1. The van der Waals surface area contributed by atoms with Crippen molar-refractivity contribution in [3.63, 3.8) is 0 Å². The summed E-state index contributed by atoms with van der Waals surface area (Å²) < 4.78 is 43.3. The third kappa shape index (κ3) is 3.08. The van der Waals surface area contributed by atoms with Gasteiger partial charge in [-0.05, 0) is 36.4 Å². The minimum Gasteiger partial charge on any atom is -0.463 e. The second-order valence-electron chi connectivity index (χ2n) is 4.45. The molecule has 3 rings (SSSR count). The average molecular weight is 305 g/mol. The van der Waals surface area contributed by atoms with E-state index in [9.17, 15) is 13.2 Å². The van der Waals surface area contributed by atoms with Crippen molar-refractivity contribution in [2.75, 3.05) is 5.32 Å². The first-order chi connectivity index (χ1) is 10.5. The fourth-order valence-corrected chi connectivity index (χ4v) is 1.88. The van der Waals surface area contributed by atoms with Gasteiger partial charge in [0.15, 0.2) is 5.76 Å². The highest BCUT2D eigenvalue weighted by Crippen LogP contribution is 2.31. The van der Waals surface area contributed by atoms with Gasteiger partial charge in [0.2, 0.25) is 5.95 Å². The van der Waals surface area contributed by atoms with Crippen molar-refractivity contribution in [1.82, 2.24) is 9.97 Å². The zero-order valence-corrected chi connectivity index (χ0v) is 11.1. The van der Waals surface area contributed by atoms with E-state index >= 15 is 0 Å². The molecule has 0 atom stereocenters. The van der Waals surface area contributed by atoms with Gasteiger partial charge in [0.05, 0.1) is 11.8 Å². The highest BCUT2D eigenvalue weighted by Gasteiger charge is 2.30. The molecule has 1 N–H and O–H groups in total. The molecular formula is C15H10F3N3O. The standard InChI is InChI=1S/C15H10F3N3O/c16-15(17,18)10-3-1-4-11(9-10)20-14-19-7-6-12(21-14)13-5-2-8-22-13/h1-9H,(H,19,20,21). The molecular weight excluding hydrogens is 295 g/mol. The summed E-state index contributed by atoms with van der Waals surface area (Å²) in [6.07, 6.45) is -1.38. The van der Waals surface area contributed by atoms with Gasteiger partial charge < -0.3 is 9.73 Å². The fraction of sp³-hybridized carbons (Fsp3) is 0.0667. The van der Waals surface area contributed by atoms with Gasteiger partial charge in [-0.1, -0.05) is 6.07 Å². The molecule has 7 heteroatoms. The van der Waals surface area contributed by atoms with Crippen LogP contribution < -0.4 is 5.32 Å². The van der Waals surface area contributed by atoms with Crippen molar-refractivity contribution in [3.8, 4) is 11.5 Å². The van der Waals surface area contributed by atoms with Gasteiger partial charge in [0.1, 0.15) is 5.69 Å². The predicted molar refractivity (Wildman–Crippen MR) is 74.5 cm³/mol. The number of nitrogens with one attached hydrogen (secondary N) is 1. The molecule has 1 aromatic carbocycles. The maximum absolute atomic E-state index is 12.7. The first kappa shape index (κ1) is 14.1. The van der Waals surface area contributed by atoms with E-state index < -0.39 is 11.7 Å². The summed E-state index contributed by atoms with van der Waals surface area (Å²) in [4.78, 5) is 8.20. The number of benzene rings is 1. The van der Waals surface area contributed by atoms with Crippen LogP contribution >= 0.6 is 0 Å². The van der Waals surface area contributed by atoms with Gasteiger partial charge in [-0.15, -0.1) is 0 Å². The summed E-state index contributed by atoms with van der Waals surface area (Å²) in [5, 5.41) is 2.75. The van der Waals surface area contributed by atoms with Gasteiger partial charge in [0, 0.05) is 11.9 Å². The van der Waals surface area contributed by atoms with Crippen LogP contribution in [0.1, 0.15) is 5.56 Å². The summed E-state index contributed by atoms with van der Waals surface area (Å²) in [5.41, 5.74) is 0.0561. The smallest absolute Gasteiger partial charge is 0.416 e. The van der Waals surface area contributed by atoms with Crippen molar-refractivity contribution in [2.45, 2.75) is 6.18 Å². The molecule has 3 aromatic rings. The number of rotatable bonds is 3. The van der Waals surface area contributed by atoms with Crippen LogP contribution in [0.25, 0.3) is 11.5 Å². The molecule has 0 radical (unpaired) electrons. The Labute approximate surface area is 123 Å². The Morgan fingerprint density at radius 3 is 2.64 bits per heavy atom. The van der Waals surface area contributed by atoms with Gasteiger partial charge >= 0.3 is 6.18 Å². The second kappa shape index (κ2) is 5.51. The number of furan rings is 1. The van der Waals surface area contributed by atoms with Crippen LogP contribution in [0.5, 0.6) is 0 Å². The third-order valence-corrected chi connectivity index (χ3v) is 2.88. The van der Waals surface area contributed by atoms with Crippen LogP contribution in [0.2, 0.25) is 0 Å². The quantitative estimate of drug-likeness (QED) is 0.774. The minimum absolute atomic E-state index is 0.188. The molecule has 0 aliphatic heterocycles. The van der Waals surface area contributed by atoms with E-state index in [1.807, 2.05) is 0 Å². The van der Waals surface area contributed by atoms with E-state index in [0.717, 1.165) is 12.1 Å². The topological polar surface area (TPSA) is 51.0 Å². The molecule has 0 unspecified atom stereocenters. The van der Waals surface area contributed by atoms with E-state index in [1.165, 1.54) is 24.6 Å². The van der Waals surface area contributed by atoms with E-state index in [2.05, 4.69) is 15.3 Å². The molecule has 0 amide bonds. The summed E-state index contributed by atoms with van der Waals surface area (Å²) in [6.45, 7) is 0. The number of hydrogen-bond acceptors (Lipinski definition) is 4. The Bertz CT molecular complexity index is 770. The molecule has 0 bridgehead atoms. The lowest BCUT2D eigenvalue weighted by atomic mass is 10.2. The molecule has 2 heterocycles. The Kier molecular flexibility index (Phi) is 3.54. The highest BCUT2D eigenvalue weighted by atomic mass is 19.4. The van der Waals surface area contributed by atoms with Crippen molar-refractivity contribution >= 4 is 11.6 Å². The number of anilines is 2. The zero-order chi connectivity index (χ0) is 15.6. The molecule has 0 spiro atoms. The summed E-state index contributed by atoms with van der Waals surface area (Å²) in [7, 11) is 0. The number of aromatic nitrogens is 2. The lowest BCUT2D eigenvalue weighted by Crippen LogP contribution is -2.05. The second-order valence-corrected chi connectivity index (χ2v) is 4.45. The highest BCUT2D eigenvalue weighted by molar-refractivity contribution is 5.58. The van der Waals surface area contributed by atoms with Crippen molar-refractivity contribution in [1.29, 1.82) is 0 Å². The first-order valence-corrected chi connectivity index (χ1v) is 6.33. The van der Waals surface area contributed by atoms with Crippen LogP contribution in [0.4, 0.5) is 24.8 Å². The van der Waals surface area contributed by atoms with E-state index in [0.29, 0.717) is 11.5 Å². The number of hydrogen-bond donors (Lipinski definition) is 1. The van der Waals surface area contributed by atoms with E-state index in [4.69, 9.17) is 4.42 Å². The Morgan fingerprint density at radius 1 is 1.05 bits per heavy atom. The molecule has 0 aliphatic carbocycles. The van der Waals surface area contributed by atoms with Crippen LogP contribution in [-0.4, -0.2) is 9.97 Å². The molecule has 0 aliphatic rings. The normalized spacial score (nSPS) is 11.4. The number of halogens is 3. The predicted octanol–water partition coefficient (Wildman–Crippen LogP) is 4.50. The minimum atomic E-state index is -4.39. The lowest BCUT2D eigenvalue weighted by Gasteiger charge is -2.10. The Morgan fingerprint density at radius 2 is 1.91 bits per heavy atom. The third-order valence-electron chi connectivity index (χ3n) is 2.88. The molecule has 4 nitrogen and oxygen atoms in total. The summed E-state index contributed by atoms with van der Waals surface area (Å²) >= 11 is 0. The molecule has 2 aromatic heterocycles. The fourth-order valence-electron chi connectivity index (χ4n) is 1.88. The largest absolute Gasteiger partial charge is 0.463 e. The van der Waals surface area contributed by atoms with E-state index in [-0.39, 0.29) is 11.6 Å². The molecule has 22 heavy (non-hydrogen) atoms. The van der Waals surface area contributed by atoms with E-state index in [1.54, 1.807) is 18.2 Å². The molecule has 0 saturated carbocycles. The Balaban J connectivity index is 1.86. The maximum atomic E-state index is 12.7. The average Bonchev–Trinajstić information content (AvgIpc) is 3.01. The van der Waals surface area contributed by atoms with Gasteiger partial charge in [0.25, 0.3) is 0 Å².